The highest BCUT2D eigenvalue weighted by atomic mass is 16.6. The summed E-state index contributed by atoms with van der Waals surface area (Å²) in [6, 6.07) is 7.80. The first-order valence-electron chi connectivity index (χ1n) is 7.11. The number of nitrogens with zero attached hydrogens (tertiary/aromatic N) is 2. The molecule has 1 atom stereocenters. The molecule has 0 bridgehead atoms. The van der Waals surface area contributed by atoms with E-state index in [9.17, 15) is 20.2 Å². The quantitative estimate of drug-likeness (QED) is 0.661. The largest absolute Gasteiger partial charge is 0.444 e. The zero-order chi connectivity index (χ0) is 16.6. The zero-order valence-electron chi connectivity index (χ0n) is 12.1. The van der Waals surface area contributed by atoms with E-state index in [2.05, 4.69) is 0 Å². The molecule has 2 aliphatic rings. The fourth-order valence-electron chi connectivity index (χ4n) is 2.98. The number of ketones is 1. The predicted molar refractivity (Wildman–Crippen MR) is 79.6 cm³/mol. The number of nitrogens with two attached hydrogens (primary N) is 1. The van der Waals surface area contributed by atoms with Crippen molar-refractivity contribution in [1.29, 1.82) is 5.26 Å². The van der Waals surface area contributed by atoms with Gasteiger partial charge in [0.1, 0.15) is 17.4 Å². The van der Waals surface area contributed by atoms with Gasteiger partial charge in [-0.15, -0.1) is 0 Å². The Labute approximate surface area is 131 Å². The van der Waals surface area contributed by atoms with Gasteiger partial charge in [0.15, 0.2) is 5.78 Å². The minimum atomic E-state index is -0.627. The Morgan fingerprint density at radius 1 is 1.30 bits per heavy atom. The smallest absolute Gasteiger partial charge is 0.269 e. The number of carbonyl (C=O) groups excluding carboxylic acids is 1. The van der Waals surface area contributed by atoms with E-state index in [1.165, 1.54) is 12.1 Å². The van der Waals surface area contributed by atoms with Gasteiger partial charge < -0.3 is 10.5 Å². The van der Waals surface area contributed by atoms with E-state index in [-0.39, 0.29) is 22.9 Å². The topological polar surface area (TPSA) is 119 Å². The number of nitriles is 1. The highest BCUT2D eigenvalue weighted by Gasteiger charge is 2.37. The van der Waals surface area contributed by atoms with E-state index in [0.717, 1.165) is 0 Å². The van der Waals surface area contributed by atoms with Gasteiger partial charge in [-0.3, -0.25) is 14.9 Å². The molecule has 1 aromatic carbocycles. The van der Waals surface area contributed by atoms with Crippen molar-refractivity contribution in [2.45, 2.75) is 25.2 Å². The molecule has 7 heteroatoms. The number of Topliss-reactive ketones (excluding diaryl/α,β-unsaturated/α-hetero) is 1. The van der Waals surface area contributed by atoms with Crippen molar-refractivity contribution in [3.05, 3.63) is 62.7 Å². The molecule has 23 heavy (non-hydrogen) atoms. The Morgan fingerprint density at radius 2 is 2.00 bits per heavy atom. The first-order chi connectivity index (χ1) is 11.0. The number of hydrogen-bond acceptors (Lipinski definition) is 6. The number of rotatable bonds is 2. The van der Waals surface area contributed by atoms with Gasteiger partial charge in [0.05, 0.1) is 10.8 Å². The second kappa shape index (κ2) is 5.57. The first-order valence-corrected chi connectivity index (χ1v) is 7.11. The van der Waals surface area contributed by atoms with Crippen molar-refractivity contribution >= 4 is 11.5 Å². The van der Waals surface area contributed by atoms with Crippen LogP contribution in [0.3, 0.4) is 0 Å². The minimum Gasteiger partial charge on any atom is -0.444 e. The molecule has 2 N–H and O–H groups in total. The third-order valence-electron chi connectivity index (χ3n) is 4.04. The Bertz CT molecular complexity index is 800. The fourth-order valence-corrected chi connectivity index (χ4v) is 2.98. The standard InChI is InChI=1S/C16H13N3O4/c17-8-11-14(9-4-6-10(7-5-9)19(21)22)15-12(20)2-1-3-13(15)23-16(11)18/h4-7,14H,1-3,18H2/t14-/m1/s1. The number of benzene rings is 1. The van der Waals surface area contributed by atoms with Crippen molar-refractivity contribution in [1.82, 2.24) is 0 Å². The van der Waals surface area contributed by atoms with Gasteiger partial charge in [-0.2, -0.15) is 5.26 Å². The van der Waals surface area contributed by atoms with Crippen LogP contribution < -0.4 is 5.73 Å². The Hall–Kier alpha value is -3.14. The summed E-state index contributed by atoms with van der Waals surface area (Å²) in [5.74, 6) is -0.211. The summed E-state index contributed by atoms with van der Waals surface area (Å²) in [5.41, 5.74) is 6.99. The Balaban J connectivity index is 2.13. The first kappa shape index (κ1) is 14.8. The number of carbonyl (C=O) groups is 1. The van der Waals surface area contributed by atoms with Crippen LogP contribution in [0.25, 0.3) is 0 Å². The van der Waals surface area contributed by atoms with Crippen molar-refractivity contribution < 1.29 is 14.5 Å². The molecule has 0 saturated carbocycles. The summed E-state index contributed by atoms with van der Waals surface area (Å²) in [6.45, 7) is 0. The highest BCUT2D eigenvalue weighted by molar-refractivity contribution is 5.99. The average molecular weight is 311 g/mol. The van der Waals surface area contributed by atoms with Crippen LogP contribution in [-0.2, 0) is 9.53 Å². The van der Waals surface area contributed by atoms with Gasteiger partial charge in [-0.05, 0) is 12.0 Å². The lowest BCUT2D eigenvalue weighted by molar-refractivity contribution is -0.384. The van der Waals surface area contributed by atoms with Crippen LogP contribution in [0.2, 0.25) is 0 Å². The minimum absolute atomic E-state index is 0.00990. The maximum Gasteiger partial charge on any atom is 0.269 e. The molecule has 1 aromatic rings. The van der Waals surface area contributed by atoms with Gasteiger partial charge in [0, 0.05) is 30.5 Å². The van der Waals surface area contributed by atoms with E-state index in [4.69, 9.17) is 10.5 Å². The number of allylic oxidation sites excluding steroid dienone is 3. The second-order valence-corrected chi connectivity index (χ2v) is 5.39. The van der Waals surface area contributed by atoms with Crippen LogP contribution in [0.1, 0.15) is 30.7 Å². The zero-order valence-corrected chi connectivity index (χ0v) is 12.1. The van der Waals surface area contributed by atoms with Crippen LogP contribution in [0, 0.1) is 21.4 Å². The number of nitro benzene ring substituents is 1. The molecule has 0 aromatic heterocycles. The maximum atomic E-state index is 12.3. The molecule has 1 aliphatic carbocycles. The SMILES string of the molecule is N#CC1=C(N)OC2=C(C(=O)CCC2)[C@@H]1c1ccc([N+](=O)[O-])cc1. The molecular weight excluding hydrogens is 298 g/mol. The van der Waals surface area contributed by atoms with E-state index in [0.29, 0.717) is 36.2 Å². The lowest BCUT2D eigenvalue weighted by atomic mass is 9.77. The van der Waals surface area contributed by atoms with E-state index >= 15 is 0 Å². The number of nitro groups is 1. The lowest BCUT2D eigenvalue weighted by Gasteiger charge is -2.30. The molecule has 0 radical (unpaired) electrons. The summed E-state index contributed by atoms with van der Waals surface area (Å²) in [4.78, 5) is 22.6. The molecule has 0 saturated heterocycles. The monoisotopic (exact) mass is 311 g/mol. The van der Waals surface area contributed by atoms with Gasteiger partial charge in [-0.1, -0.05) is 12.1 Å². The Kier molecular flexibility index (Phi) is 3.58. The molecule has 0 fully saturated rings. The summed E-state index contributed by atoms with van der Waals surface area (Å²) in [6.07, 6.45) is 1.66. The molecule has 0 unspecified atom stereocenters. The van der Waals surface area contributed by atoms with Crippen LogP contribution in [0.4, 0.5) is 5.69 Å². The predicted octanol–water partition coefficient (Wildman–Crippen LogP) is 2.41. The highest BCUT2D eigenvalue weighted by Crippen LogP contribution is 2.43. The van der Waals surface area contributed by atoms with Crippen molar-refractivity contribution in [2.24, 2.45) is 5.73 Å². The second-order valence-electron chi connectivity index (χ2n) is 5.39. The van der Waals surface area contributed by atoms with Crippen LogP contribution in [0.5, 0.6) is 0 Å². The van der Waals surface area contributed by atoms with Crippen LogP contribution in [-0.4, -0.2) is 10.7 Å². The third kappa shape index (κ3) is 2.44. The summed E-state index contributed by atoms with van der Waals surface area (Å²) < 4.78 is 5.46. The molecule has 3 rings (SSSR count). The molecule has 0 spiro atoms. The van der Waals surface area contributed by atoms with Crippen molar-refractivity contribution in [2.75, 3.05) is 0 Å². The van der Waals surface area contributed by atoms with Crippen LogP contribution in [0.15, 0.2) is 47.1 Å². The molecule has 1 aliphatic heterocycles. The number of non-ortho nitro benzene ring substituents is 1. The molecule has 1 heterocycles. The summed E-state index contributed by atoms with van der Waals surface area (Å²) in [7, 11) is 0. The Morgan fingerprint density at radius 3 is 2.61 bits per heavy atom. The van der Waals surface area contributed by atoms with Crippen molar-refractivity contribution in [3.8, 4) is 6.07 Å². The molecular formula is C16H13N3O4. The van der Waals surface area contributed by atoms with E-state index < -0.39 is 10.8 Å². The average Bonchev–Trinajstić information content (AvgIpc) is 2.54. The van der Waals surface area contributed by atoms with Gasteiger partial charge in [0.25, 0.3) is 5.69 Å². The third-order valence-corrected chi connectivity index (χ3v) is 4.04. The molecule has 7 nitrogen and oxygen atoms in total. The van der Waals surface area contributed by atoms with Gasteiger partial charge in [0.2, 0.25) is 5.88 Å². The maximum absolute atomic E-state index is 12.3. The van der Waals surface area contributed by atoms with Gasteiger partial charge in [-0.25, -0.2) is 0 Å². The van der Waals surface area contributed by atoms with Crippen molar-refractivity contribution in [3.63, 3.8) is 0 Å². The summed E-state index contributed by atoms with van der Waals surface area (Å²) in [5, 5.41) is 20.2. The van der Waals surface area contributed by atoms with E-state index in [1.807, 2.05) is 6.07 Å². The number of hydrogen-bond donors (Lipinski definition) is 1. The van der Waals surface area contributed by atoms with Gasteiger partial charge >= 0.3 is 0 Å². The summed E-state index contributed by atoms with van der Waals surface area (Å²) >= 11 is 0. The fraction of sp³-hybridized carbons (Fsp3) is 0.250. The normalized spacial score (nSPS) is 20.7. The van der Waals surface area contributed by atoms with Crippen LogP contribution >= 0.6 is 0 Å². The lowest BCUT2D eigenvalue weighted by Crippen LogP contribution is -2.27. The number of ether oxygens (including phenoxy) is 1. The molecule has 0 amide bonds. The van der Waals surface area contributed by atoms with E-state index in [1.54, 1.807) is 12.1 Å². The molecule has 116 valence electrons.